The summed E-state index contributed by atoms with van der Waals surface area (Å²) in [6.07, 6.45) is 1.78. The van der Waals surface area contributed by atoms with Crippen LogP contribution >= 0.6 is 12.6 Å². The van der Waals surface area contributed by atoms with E-state index in [-0.39, 0.29) is 17.7 Å². The molecule has 0 radical (unpaired) electrons. The van der Waals surface area contributed by atoms with E-state index in [1.54, 1.807) is 13.8 Å². The van der Waals surface area contributed by atoms with Gasteiger partial charge in [-0.15, -0.1) is 0 Å². The van der Waals surface area contributed by atoms with Gasteiger partial charge in [-0.1, -0.05) is 13.8 Å². The van der Waals surface area contributed by atoms with E-state index in [4.69, 9.17) is 26.8 Å². The lowest BCUT2D eigenvalue weighted by molar-refractivity contribution is -0.140. The lowest BCUT2D eigenvalue weighted by atomic mass is 10.1. The quantitative estimate of drug-likeness (QED) is 0.312. The molecule has 1 rings (SSSR count). The first-order valence-electron chi connectivity index (χ1n) is 7.08. The van der Waals surface area contributed by atoms with Crippen LogP contribution in [-0.4, -0.2) is 63.7 Å². The summed E-state index contributed by atoms with van der Waals surface area (Å²) in [6.45, 7) is 4.41. The molecule has 1 aliphatic rings. The summed E-state index contributed by atoms with van der Waals surface area (Å²) in [5, 5.41) is 27.4. The van der Waals surface area contributed by atoms with Crippen LogP contribution in [0.3, 0.4) is 0 Å². The molecule has 0 aromatic carbocycles. The molecular weight excluding hydrogens is 326 g/mol. The average Bonchev–Trinajstić information content (AvgIpc) is 3.01. The fourth-order valence-electron chi connectivity index (χ4n) is 1.26. The van der Waals surface area contributed by atoms with Crippen LogP contribution in [0.5, 0.6) is 0 Å². The Balaban J connectivity index is 0. The highest BCUT2D eigenvalue weighted by Crippen LogP contribution is 2.03. The summed E-state index contributed by atoms with van der Waals surface area (Å²) in [5.41, 5.74) is 10.1. The molecule has 0 amide bonds. The van der Waals surface area contributed by atoms with Crippen LogP contribution in [-0.2, 0) is 14.4 Å². The number of hydrogen-bond donors (Lipinski definition) is 7. The lowest BCUT2D eigenvalue weighted by Crippen LogP contribution is -2.34. The first kappa shape index (κ1) is 23.9. The van der Waals surface area contributed by atoms with E-state index in [0.717, 1.165) is 19.4 Å². The summed E-state index contributed by atoms with van der Waals surface area (Å²) < 4.78 is 0. The van der Waals surface area contributed by atoms with Crippen molar-refractivity contribution >= 4 is 30.5 Å². The molecule has 2 unspecified atom stereocenters. The third kappa shape index (κ3) is 12.8. The van der Waals surface area contributed by atoms with Crippen LogP contribution in [0.25, 0.3) is 0 Å². The number of nitrogens with one attached hydrogen (secondary N) is 1. The smallest absolute Gasteiger partial charge is 0.321 e. The highest BCUT2D eigenvalue weighted by Gasteiger charge is 2.20. The normalized spacial score (nSPS) is 18.8. The molecule has 0 saturated carbocycles. The minimum absolute atomic E-state index is 0.0208. The van der Waals surface area contributed by atoms with Gasteiger partial charge in [-0.3, -0.25) is 14.4 Å². The Kier molecular flexibility index (Phi) is 13.6. The first-order chi connectivity index (χ1) is 10.5. The minimum atomic E-state index is -1.00. The summed E-state index contributed by atoms with van der Waals surface area (Å²) in [4.78, 5) is 29.9. The fourth-order valence-corrected chi connectivity index (χ4v) is 1.41. The minimum Gasteiger partial charge on any atom is -0.480 e. The molecule has 8 N–H and O–H groups in total. The van der Waals surface area contributed by atoms with Crippen molar-refractivity contribution in [1.29, 1.82) is 0 Å². The van der Waals surface area contributed by atoms with E-state index in [9.17, 15) is 14.4 Å². The molecule has 136 valence electrons. The van der Waals surface area contributed by atoms with Crippen LogP contribution in [0.15, 0.2) is 0 Å². The summed E-state index contributed by atoms with van der Waals surface area (Å²) in [7, 11) is 0. The number of aliphatic carboxylic acids is 3. The van der Waals surface area contributed by atoms with Gasteiger partial charge in [0.05, 0.1) is 0 Å². The molecule has 9 nitrogen and oxygen atoms in total. The monoisotopic (exact) mass is 353 g/mol. The van der Waals surface area contributed by atoms with Gasteiger partial charge < -0.3 is 32.1 Å². The number of carbonyl (C=O) groups is 3. The molecule has 10 heteroatoms. The molecule has 1 fully saturated rings. The number of rotatable bonds is 5. The van der Waals surface area contributed by atoms with E-state index >= 15 is 0 Å². The van der Waals surface area contributed by atoms with Crippen molar-refractivity contribution < 1.29 is 29.7 Å². The highest BCUT2D eigenvalue weighted by molar-refractivity contribution is 7.80. The Hall–Kier alpha value is -1.36. The number of thiol groups is 1. The van der Waals surface area contributed by atoms with Gasteiger partial charge in [-0.2, -0.15) is 12.6 Å². The summed E-state index contributed by atoms with van der Waals surface area (Å²) in [5.74, 6) is -2.44. The van der Waals surface area contributed by atoms with E-state index < -0.39 is 30.0 Å². The maximum atomic E-state index is 10.1. The van der Waals surface area contributed by atoms with Gasteiger partial charge in [-0.05, 0) is 25.3 Å². The topological polar surface area (TPSA) is 176 Å². The van der Waals surface area contributed by atoms with Crippen LogP contribution in [0.1, 0.15) is 26.7 Å². The zero-order valence-electron chi connectivity index (χ0n) is 13.3. The van der Waals surface area contributed by atoms with Gasteiger partial charge in [0.25, 0.3) is 0 Å². The van der Waals surface area contributed by atoms with Crippen LogP contribution in [0.2, 0.25) is 0 Å². The molecule has 0 aliphatic carbocycles. The van der Waals surface area contributed by atoms with E-state index in [0.29, 0.717) is 0 Å². The molecule has 3 atom stereocenters. The van der Waals surface area contributed by atoms with Gasteiger partial charge >= 0.3 is 17.9 Å². The third-order valence-corrected chi connectivity index (χ3v) is 3.27. The largest absolute Gasteiger partial charge is 0.480 e. The Morgan fingerprint density at radius 1 is 1.17 bits per heavy atom. The van der Waals surface area contributed by atoms with Crippen molar-refractivity contribution in [3.8, 4) is 0 Å². The maximum Gasteiger partial charge on any atom is 0.321 e. The van der Waals surface area contributed by atoms with Crippen molar-refractivity contribution in [3.05, 3.63) is 0 Å². The fraction of sp³-hybridized carbons (Fsp3) is 0.769. The highest BCUT2D eigenvalue weighted by atomic mass is 32.1. The van der Waals surface area contributed by atoms with Gasteiger partial charge in [0.2, 0.25) is 0 Å². The zero-order chi connectivity index (χ0) is 18.6. The van der Waals surface area contributed by atoms with Crippen molar-refractivity contribution in [2.75, 3.05) is 12.3 Å². The number of hydrogen-bond acceptors (Lipinski definition) is 7. The van der Waals surface area contributed by atoms with Crippen molar-refractivity contribution in [2.45, 2.75) is 44.8 Å². The predicted molar refractivity (Wildman–Crippen MR) is 88.6 cm³/mol. The summed E-state index contributed by atoms with van der Waals surface area (Å²) >= 11 is 3.65. The van der Waals surface area contributed by atoms with Crippen molar-refractivity contribution in [2.24, 2.45) is 17.4 Å². The van der Waals surface area contributed by atoms with Gasteiger partial charge in [0.15, 0.2) is 0 Å². The average molecular weight is 353 g/mol. The second-order valence-electron chi connectivity index (χ2n) is 5.22. The van der Waals surface area contributed by atoms with E-state index in [2.05, 4.69) is 17.9 Å². The van der Waals surface area contributed by atoms with Crippen molar-refractivity contribution in [1.82, 2.24) is 5.32 Å². The standard InChI is InChI=1S/C5H9NO2.C5H11NO2.C3H7NO2S/c7-5(8)4-2-1-3-6-4;1-3(2)4(6)5(7)8;4-2(1-7)3(5)6/h4,6H,1-3H2,(H,7,8);3-4H,6H2,1-2H3,(H,7,8);2,7H,1,4H2,(H,5,6)/t4-;;/m0../s1. The Bertz CT molecular complexity index is 363. The van der Waals surface area contributed by atoms with E-state index in [1.165, 1.54) is 0 Å². The molecule has 0 bridgehead atoms. The zero-order valence-corrected chi connectivity index (χ0v) is 14.2. The summed E-state index contributed by atoms with van der Waals surface area (Å²) in [6, 6.07) is -1.80. The Morgan fingerprint density at radius 3 is 1.78 bits per heavy atom. The third-order valence-electron chi connectivity index (χ3n) is 2.88. The number of carboxylic acids is 3. The van der Waals surface area contributed by atoms with Gasteiger partial charge in [0.1, 0.15) is 18.1 Å². The van der Waals surface area contributed by atoms with Crippen LogP contribution < -0.4 is 16.8 Å². The van der Waals surface area contributed by atoms with E-state index in [1.807, 2.05) is 0 Å². The predicted octanol–water partition coefficient (Wildman–Crippen LogP) is -0.795. The first-order valence-corrected chi connectivity index (χ1v) is 7.71. The molecule has 0 spiro atoms. The Morgan fingerprint density at radius 2 is 1.70 bits per heavy atom. The molecule has 1 heterocycles. The molecule has 0 aromatic heterocycles. The molecule has 23 heavy (non-hydrogen) atoms. The molecule has 0 aromatic rings. The molecular formula is C13H27N3O6S. The second-order valence-corrected chi connectivity index (χ2v) is 5.59. The van der Waals surface area contributed by atoms with Crippen LogP contribution in [0, 0.1) is 5.92 Å². The van der Waals surface area contributed by atoms with Crippen LogP contribution in [0.4, 0.5) is 0 Å². The number of nitrogens with two attached hydrogens (primary N) is 2. The number of carboxylic acid groups (broad SMARTS) is 3. The lowest BCUT2D eigenvalue weighted by Gasteiger charge is -2.07. The Labute approximate surface area is 140 Å². The maximum absolute atomic E-state index is 10.1. The van der Waals surface area contributed by atoms with Crippen molar-refractivity contribution in [3.63, 3.8) is 0 Å². The van der Waals surface area contributed by atoms with Gasteiger partial charge in [0, 0.05) is 5.75 Å². The molecule has 1 aliphatic heterocycles. The second kappa shape index (κ2) is 13.1. The van der Waals surface area contributed by atoms with Gasteiger partial charge in [-0.25, -0.2) is 0 Å². The molecule has 1 saturated heterocycles. The SMILES string of the molecule is CC(C)C(N)C(=O)O.NC(CS)C(=O)O.O=C(O)[C@@H]1CCCN1.